The van der Waals surface area contributed by atoms with E-state index in [1.165, 1.54) is 16.4 Å². The van der Waals surface area contributed by atoms with Crippen molar-refractivity contribution in [2.45, 2.75) is 11.4 Å². The van der Waals surface area contributed by atoms with Crippen LogP contribution in [0.25, 0.3) is 6.08 Å². The highest BCUT2D eigenvalue weighted by atomic mass is 79.9. The van der Waals surface area contributed by atoms with Crippen molar-refractivity contribution in [2.75, 3.05) is 39.3 Å². The number of carbonyl (C=O) groups is 1. The lowest BCUT2D eigenvalue weighted by molar-refractivity contribution is -0.133. The number of nitrogens with zero attached hydrogens (tertiary/aromatic N) is 3. The molecular formula is C28H28BrCl2N3O3S. The summed E-state index contributed by atoms with van der Waals surface area (Å²) < 4.78 is 29.1. The predicted octanol–water partition coefficient (Wildman–Crippen LogP) is 5.80. The molecule has 0 bridgehead atoms. The lowest BCUT2D eigenvalue weighted by Crippen LogP contribution is -2.51. The second-order valence-corrected chi connectivity index (χ2v) is 12.6. The number of rotatable bonds is 9. The number of benzene rings is 3. The van der Waals surface area contributed by atoms with Gasteiger partial charge in [-0.15, -0.1) is 0 Å². The second-order valence-electron chi connectivity index (χ2n) is 8.97. The maximum Gasteiger partial charge on any atom is 0.243 e. The molecule has 1 aliphatic rings. The van der Waals surface area contributed by atoms with Gasteiger partial charge in [-0.25, -0.2) is 8.42 Å². The number of piperazine rings is 1. The third-order valence-electron chi connectivity index (χ3n) is 6.30. The van der Waals surface area contributed by atoms with Gasteiger partial charge in [0.15, 0.2) is 0 Å². The zero-order chi connectivity index (χ0) is 27.1. The fourth-order valence-electron chi connectivity index (χ4n) is 4.16. The van der Waals surface area contributed by atoms with Gasteiger partial charge in [0.05, 0.1) is 21.5 Å². The molecule has 0 N–H and O–H groups in total. The molecule has 200 valence electrons. The van der Waals surface area contributed by atoms with Gasteiger partial charge in [0.2, 0.25) is 15.9 Å². The van der Waals surface area contributed by atoms with Crippen LogP contribution in [0.1, 0.15) is 11.1 Å². The van der Waals surface area contributed by atoms with E-state index in [0.29, 0.717) is 28.7 Å². The van der Waals surface area contributed by atoms with Gasteiger partial charge < -0.3 is 4.90 Å². The maximum absolute atomic E-state index is 13.6. The number of sulfonamides is 1. The molecule has 6 nitrogen and oxygen atoms in total. The summed E-state index contributed by atoms with van der Waals surface area (Å²) in [6.07, 6.45) is 4.21. The van der Waals surface area contributed by atoms with Crippen LogP contribution in [0, 0.1) is 0 Å². The summed E-state index contributed by atoms with van der Waals surface area (Å²) in [4.78, 5) is 17.4. The van der Waals surface area contributed by atoms with E-state index in [0.717, 1.165) is 29.7 Å². The van der Waals surface area contributed by atoms with Gasteiger partial charge in [-0.2, -0.15) is 4.31 Å². The Hall–Kier alpha value is -2.20. The van der Waals surface area contributed by atoms with E-state index in [9.17, 15) is 13.2 Å². The highest BCUT2D eigenvalue weighted by Crippen LogP contribution is 2.26. The lowest BCUT2D eigenvalue weighted by atomic mass is 10.2. The van der Waals surface area contributed by atoms with Gasteiger partial charge in [-0.3, -0.25) is 9.69 Å². The molecule has 0 spiro atoms. The van der Waals surface area contributed by atoms with Gasteiger partial charge in [0.1, 0.15) is 0 Å². The van der Waals surface area contributed by atoms with E-state index in [2.05, 4.69) is 45.1 Å². The first kappa shape index (κ1) is 28.8. The van der Waals surface area contributed by atoms with Gasteiger partial charge in [0.25, 0.3) is 0 Å². The zero-order valence-corrected chi connectivity index (χ0v) is 24.6. The predicted molar refractivity (Wildman–Crippen MR) is 157 cm³/mol. The van der Waals surface area contributed by atoms with Crippen molar-refractivity contribution in [2.24, 2.45) is 0 Å². The monoisotopic (exact) mass is 635 g/mol. The van der Waals surface area contributed by atoms with Gasteiger partial charge >= 0.3 is 0 Å². The largest absolute Gasteiger partial charge is 0.339 e. The first-order valence-corrected chi connectivity index (χ1v) is 15.1. The summed E-state index contributed by atoms with van der Waals surface area (Å²) in [6.45, 7) is 3.03. The number of halogens is 3. The Morgan fingerprint density at radius 3 is 2.26 bits per heavy atom. The van der Waals surface area contributed by atoms with E-state index >= 15 is 0 Å². The molecule has 0 radical (unpaired) electrons. The van der Waals surface area contributed by atoms with E-state index in [4.69, 9.17) is 23.2 Å². The molecule has 1 amide bonds. The quantitative estimate of drug-likeness (QED) is 0.298. The van der Waals surface area contributed by atoms with Crippen LogP contribution in [-0.2, 0) is 21.4 Å². The van der Waals surface area contributed by atoms with Crippen LogP contribution in [0.3, 0.4) is 0 Å². The second kappa shape index (κ2) is 13.2. The van der Waals surface area contributed by atoms with Crippen LogP contribution in [0.5, 0.6) is 0 Å². The topological polar surface area (TPSA) is 60.9 Å². The van der Waals surface area contributed by atoms with Crippen LogP contribution in [0.4, 0.5) is 0 Å². The Balaban J connectivity index is 1.42. The van der Waals surface area contributed by atoms with E-state index < -0.39 is 10.0 Å². The third kappa shape index (κ3) is 7.68. The molecule has 3 aromatic rings. The molecule has 1 aliphatic heterocycles. The normalized spacial score (nSPS) is 14.9. The molecule has 0 atom stereocenters. The minimum Gasteiger partial charge on any atom is -0.339 e. The SMILES string of the molecule is O=C(CN(Cc1ccc(Cl)c(Cl)c1)S(=O)(=O)c1ccc(Br)cc1)N1CCN(C/C=C/c2ccccc2)CC1. The molecule has 1 saturated heterocycles. The highest BCUT2D eigenvalue weighted by Gasteiger charge is 2.30. The summed E-state index contributed by atoms with van der Waals surface area (Å²) in [5, 5.41) is 0.708. The van der Waals surface area contributed by atoms with E-state index in [1.807, 2.05) is 18.2 Å². The summed E-state index contributed by atoms with van der Waals surface area (Å²) in [5.74, 6) is -0.231. The number of carbonyl (C=O) groups excluding carboxylic acids is 1. The number of hydrogen-bond acceptors (Lipinski definition) is 4. The number of amides is 1. The van der Waals surface area contributed by atoms with Crippen LogP contribution in [0.15, 0.2) is 88.2 Å². The fourth-order valence-corrected chi connectivity index (χ4v) is 6.12. The standard InChI is InChI=1S/C28H28BrCl2N3O3S/c29-24-9-11-25(12-10-24)38(36,37)34(20-23-8-13-26(30)27(31)19-23)21-28(35)33-17-15-32(16-18-33)14-4-7-22-5-2-1-3-6-22/h1-13,19H,14-18,20-21H2/b7-4+. The molecule has 4 rings (SSSR count). The van der Waals surface area contributed by atoms with Crippen LogP contribution < -0.4 is 0 Å². The first-order valence-electron chi connectivity index (χ1n) is 12.1. The van der Waals surface area contributed by atoms with Crippen molar-refractivity contribution in [3.05, 3.63) is 105 Å². The van der Waals surface area contributed by atoms with E-state index in [1.54, 1.807) is 35.2 Å². The molecule has 1 heterocycles. The van der Waals surface area contributed by atoms with E-state index in [-0.39, 0.29) is 23.9 Å². The summed E-state index contributed by atoms with van der Waals surface area (Å²) in [6, 6.07) is 21.4. The average Bonchev–Trinajstić information content (AvgIpc) is 2.91. The Labute approximate surface area is 242 Å². The molecule has 38 heavy (non-hydrogen) atoms. The van der Waals surface area contributed by atoms with Gasteiger partial charge in [-0.1, -0.05) is 87.7 Å². The minimum atomic E-state index is -3.95. The van der Waals surface area contributed by atoms with Crippen molar-refractivity contribution >= 4 is 61.1 Å². The molecule has 0 aromatic heterocycles. The van der Waals surface area contributed by atoms with Crippen LogP contribution >= 0.6 is 39.1 Å². The molecule has 3 aromatic carbocycles. The lowest BCUT2D eigenvalue weighted by Gasteiger charge is -2.35. The van der Waals surface area contributed by atoms with Crippen LogP contribution in [0.2, 0.25) is 10.0 Å². The molecule has 0 saturated carbocycles. The molecule has 0 aliphatic carbocycles. The maximum atomic E-state index is 13.6. The van der Waals surface area contributed by atoms with Crippen molar-refractivity contribution in [3.8, 4) is 0 Å². The summed E-state index contributed by atoms with van der Waals surface area (Å²) in [5.41, 5.74) is 1.79. The summed E-state index contributed by atoms with van der Waals surface area (Å²) >= 11 is 15.5. The Bertz CT molecular complexity index is 1380. The summed E-state index contributed by atoms with van der Waals surface area (Å²) in [7, 11) is -3.95. The third-order valence-corrected chi connectivity index (χ3v) is 9.38. The fraction of sp³-hybridized carbons (Fsp3) is 0.250. The van der Waals surface area contributed by atoms with Gasteiger partial charge in [-0.05, 0) is 47.5 Å². The molecule has 10 heteroatoms. The zero-order valence-electron chi connectivity index (χ0n) is 20.6. The Morgan fingerprint density at radius 2 is 1.61 bits per heavy atom. The Morgan fingerprint density at radius 1 is 0.921 bits per heavy atom. The molecular weight excluding hydrogens is 609 g/mol. The van der Waals surface area contributed by atoms with Gasteiger partial charge in [0, 0.05) is 43.7 Å². The van der Waals surface area contributed by atoms with Crippen molar-refractivity contribution < 1.29 is 13.2 Å². The molecule has 0 unspecified atom stereocenters. The Kier molecular flexibility index (Phi) is 10.0. The minimum absolute atomic E-state index is 0.00866. The average molecular weight is 637 g/mol. The highest BCUT2D eigenvalue weighted by molar-refractivity contribution is 9.10. The number of hydrogen-bond donors (Lipinski definition) is 0. The smallest absolute Gasteiger partial charge is 0.243 e. The van der Waals surface area contributed by atoms with Crippen LogP contribution in [-0.4, -0.2) is 67.7 Å². The van der Waals surface area contributed by atoms with Crippen molar-refractivity contribution in [1.82, 2.24) is 14.1 Å². The van der Waals surface area contributed by atoms with Crippen molar-refractivity contribution in [3.63, 3.8) is 0 Å². The molecule has 1 fully saturated rings. The first-order chi connectivity index (χ1) is 18.2. The van der Waals surface area contributed by atoms with Crippen molar-refractivity contribution in [1.29, 1.82) is 0 Å².